The van der Waals surface area contributed by atoms with Gasteiger partial charge in [-0.25, -0.2) is 9.67 Å². The third kappa shape index (κ3) is 4.91. The van der Waals surface area contributed by atoms with E-state index in [1.807, 2.05) is 49.3 Å². The predicted molar refractivity (Wildman–Crippen MR) is 105 cm³/mol. The lowest BCUT2D eigenvalue weighted by molar-refractivity contribution is -0.117. The van der Waals surface area contributed by atoms with Gasteiger partial charge in [0.05, 0.1) is 24.3 Å². The quantitative estimate of drug-likeness (QED) is 0.672. The fourth-order valence-electron chi connectivity index (χ4n) is 2.58. The second-order valence-corrected chi connectivity index (χ2v) is 7.76. The van der Waals surface area contributed by atoms with E-state index in [0.29, 0.717) is 23.9 Å². The summed E-state index contributed by atoms with van der Waals surface area (Å²) >= 11 is 7.85. The highest BCUT2D eigenvalue weighted by Gasteiger charge is 2.12. The Morgan fingerprint density at radius 3 is 2.88 bits per heavy atom. The van der Waals surface area contributed by atoms with Crippen molar-refractivity contribution < 1.29 is 4.79 Å². The van der Waals surface area contributed by atoms with Crippen molar-refractivity contribution in [2.75, 3.05) is 18.9 Å². The zero-order valence-corrected chi connectivity index (χ0v) is 16.2. The van der Waals surface area contributed by atoms with Gasteiger partial charge in [-0.05, 0) is 25.6 Å². The van der Waals surface area contributed by atoms with Gasteiger partial charge in [0.2, 0.25) is 5.91 Å². The number of hydrogen-bond acceptors (Lipinski definition) is 5. The number of anilines is 1. The van der Waals surface area contributed by atoms with Crippen molar-refractivity contribution in [1.29, 1.82) is 0 Å². The summed E-state index contributed by atoms with van der Waals surface area (Å²) in [7, 11) is 1.91. The molecule has 3 aromatic rings. The van der Waals surface area contributed by atoms with Crippen molar-refractivity contribution in [3.63, 3.8) is 0 Å². The van der Waals surface area contributed by atoms with Crippen molar-refractivity contribution in [2.24, 2.45) is 0 Å². The molecular formula is C18H20ClN5OS. The highest BCUT2D eigenvalue weighted by molar-refractivity contribution is 7.11. The first kappa shape index (κ1) is 18.6. The number of benzene rings is 1. The molecule has 0 atom stereocenters. The number of halogens is 1. The van der Waals surface area contributed by atoms with Crippen molar-refractivity contribution in [3.05, 3.63) is 63.2 Å². The SMILES string of the molecule is Cc1ncc(CN(C)CC(=O)Nc2ccnn2Cc2ccccc2Cl)s1. The van der Waals surface area contributed by atoms with Crippen LogP contribution in [0.5, 0.6) is 0 Å². The molecule has 0 aliphatic carbocycles. The standard InChI is InChI=1S/C18H20ClN5OS/c1-13-20-9-15(26-13)11-23(2)12-18(25)22-17-7-8-21-24(17)10-14-5-3-4-6-16(14)19/h3-9H,10-12H2,1-2H3,(H,22,25). The van der Waals surface area contributed by atoms with Gasteiger partial charge in [0.25, 0.3) is 0 Å². The van der Waals surface area contributed by atoms with Gasteiger partial charge in [-0.2, -0.15) is 5.10 Å². The monoisotopic (exact) mass is 389 g/mol. The maximum Gasteiger partial charge on any atom is 0.239 e. The highest BCUT2D eigenvalue weighted by atomic mass is 35.5. The predicted octanol–water partition coefficient (Wildman–Crippen LogP) is 3.42. The van der Waals surface area contributed by atoms with Gasteiger partial charge >= 0.3 is 0 Å². The summed E-state index contributed by atoms with van der Waals surface area (Å²) in [5.41, 5.74) is 0.950. The van der Waals surface area contributed by atoms with Crippen LogP contribution in [0.3, 0.4) is 0 Å². The lowest BCUT2D eigenvalue weighted by Crippen LogP contribution is -2.30. The van der Waals surface area contributed by atoms with Gasteiger partial charge in [-0.1, -0.05) is 29.8 Å². The molecule has 1 N–H and O–H groups in total. The molecule has 1 aromatic carbocycles. The molecule has 0 aliphatic heterocycles. The maximum atomic E-state index is 12.4. The molecule has 0 spiro atoms. The molecule has 1 amide bonds. The smallest absolute Gasteiger partial charge is 0.239 e. The lowest BCUT2D eigenvalue weighted by Gasteiger charge is -2.15. The Morgan fingerprint density at radius 1 is 1.35 bits per heavy atom. The third-order valence-electron chi connectivity index (χ3n) is 3.77. The number of thiazole rings is 1. The van der Waals surface area contributed by atoms with Gasteiger partial charge in [-0.3, -0.25) is 9.69 Å². The molecule has 3 rings (SSSR count). The molecule has 2 heterocycles. The minimum atomic E-state index is -0.0883. The summed E-state index contributed by atoms with van der Waals surface area (Å²) < 4.78 is 1.73. The minimum Gasteiger partial charge on any atom is -0.310 e. The average Bonchev–Trinajstić information content (AvgIpc) is 3.18. The molecule has 0 fully saturated rings. The van der Waals surface area contributed by atoms with Crippen LogP contribution in [0.4, 0.5) is 5.82 Å². The summed E-state index contributed by atoms with van der Waals surface area (Å²) in [6.07, 6.45) is 3.52. The first-order valence-corrected chi connectivity index (χ1v) is 9.35. The van der Waals surface area contributed by atoms with Gasteiger partial charge in [0.1, 0.15) is 5.82 Å². The first-order valence-electron chi connectivity index (χ1n) is 8.16. The van der Waals surface area contributed by atoms with Crippen LogP contribution in [0.25, 0.3) is 0 Å². The molecule has 0 saturated heterocycles. The van der Waals surface area contributed by atoms with Crippen LogP contribution in [0.2, 0.25) is 5.02 Å². The van der Waals surface area contributed by atoms with Crippen LogP contribution >= 0.6 is 22.9 Å². The highest BCUT2D eigenvalue weighted by Crippen LogP contribution is 2.18. The van der Waals surface area contributed by atoms with E-state index < -0.39 is 0 Å². The number of hydrogen-bond donors (Lipinski definition) is 1. The Bertz CT molecular complexity index is 891. The van der Waals surface area contributed by atoms with E-state index in [9.17, 15) is 4.79 Å². The summed E-state index contributed by atoms with van der Waals surface area (Å²) in [5.74, 6) is 0.562. The zero-order valence-electron chi connectivity index (χ0n) is 14.6. The summed E-state index contributed by atoms with van der Waals surface area (Å²) in [4.78, 5) is 19.7. The van der Waals surface area contributed by atoms with Crippen LogP contribution in [0.15, 0.2) is 42.7 Å². The first-order chi connectivity index (χ1) is 12.5. The molecule has 0 aliphatic rings. The van der Waals surface area contributed by atoms with E-state index in [0.717, 1.165) is 15.4 Å². The van der Waals surface area contributed by atoms with E-state index in [1.165, 1.54) is 0 Å². The van der Waals surface area contributed by atoms with Gasteiger partial charge in [-0.15, -0.1) is 11.3 Å². The molecule has 2 aromatic heterocycles. The number of aromatic nitrogens is 3. The molecule has 8 heteroatoms. The summed E-state index contributed by atoms with van der Waals surface area (Å²) in [5, 5.41) is 8.90. The number of aryl methyl sites for hydroxylation is 1. The molecule has 6 nitrogen and oxygen atoms in total. The average molecular weight is 390 g/mol. The fourth-order valence-corrected chi connectivity index (χ4v) is 3.65. The Balaban J connectivity index is 1.58. The van der Waals surface area contributed by atoms with Crippen LogP contribution in [-0.4, -0.2) is 39.2 Å². The molecule has 0 unspecified atom stereocenters. The van der Waals surface area contributed by atoms with E-state index in [1.54, 1.807) is 28.3 Å². The van der Waals surface area contributed by atoms with E-state index >= 15 is 0 Å². The van der Waals surface area contributed by atoms with Crippen LogP contribution in [-0.2, 0) is 17.9 Å². The summed E-state index contributed by atoms with van der Waals surface area (Å²) in [6, 6.07) is 9.38. The Labute approximate surface area is 161 Å². The third-order valence-corrected chi connectivity index (χ3v) is 5.04. The topological polar surface area (TPSA) is 63.1 Å². The molecule has 0 bridgehead atoms. The van der Waals surface area contributed by atoms with Crippen LogP contribution in [0, 0.1) is 6.92 Å². The van der Waals surface area contributed by atoms with Crippen LogP contribution < -0.4 is 5.32 Å². The number of rotatable bonds is 7. The van der Waals surface area contributed by atoms with E-state index in [4.69, 9.17) is 11.6 Å². The van der Waals surface area contributed by atoms with Crippen molar-refractivity contribution in [1.82, 2.24) is 19.7 Å². The van der Waals surface area contributed by atoms with E-state index in [-0.39, 0.29) is 12.5 Å². The summed E-state index contributed by atoms with van der Waals surface area (Å²) in [6.45, 7) is 3.45. The van der Waals surface area contributed by atoms with Gasteiger partial charge in [0.15, 0.2) is 0 Å². The van der Waals surface area contributed by atoms with Crippen molar-refractivity contribution in [2.45, 2.75) is 20.0 Å². The van der Waals surface area contributed by atoms with Crippen molar-refractivity contribution in [3.8, 4) is 0 Å². The maximum absolute atomic E-state index is 12.4. The van der Waals surface area contributed by atoms with E-state index in [2.05, 4.69) is 15.4 Å². The number of carbonyl (C=O) groups excluding carboxylic acids is 1. The molecule has 136 valence electrons. The van der Waals surface area contributed by atoms with Gasteiger partial charge in [0, 0.05) is 28.7 Å². The van der Waals surface area contributed by atoms with Gasteiger partial charge < -0.3 is 5.32 Å². The number of carbonyl (C=O) groups is 1. The molecule has 26 heavy (non-hydrogen) atoms. The molecule has 0 radical (unpaired) electrons. The second-order valence-electron chi connectivity index (χ2n) is 6.03. The molecular weight excluding hydrogens is 370 g/mol. The molecule has 0 saturated carbocycles. The zero-order chi connectivity index (χ0) is 18.5. The number of amides is 1. The number of likely N-dealkylation sites (N-methyl/N-ethyl adjacent to an activating group) is 1. The van der Waals surface area contributed by atoms with Crippen LogP contribution in [0.1, 0.15) is 15.4 Å². The minimum absolute atomic E-state index is 0.0883. The normalized spacial score (nSPS) is 11.1. The lowest BCUT2D eigenvalue weighted by atomic mass is 10.2. The number of nitrogens with one attached hydrogen (secondary N) is 1. The Morgan fingerprint density at radius 2 is 2.15 bits per heavy atom. The Hall–Kier alpha value is -2.22. The number of nitrogens with zero attached hydrogens (tertiary/aromatic N) is 4. The Kier molecular flexibility index (Phi) is 6.03. The van der Waals surface area contributed by atoms with Crippen molar-refractivity contribution >= 4 is 34.7 Å². The largest absolute Gasteiger partial charge is 0.310 e. The fraction of sp³-hybridized carbons (Fsp3) is 0.278. The second kappa shape index (κ2) is 8.44.